The number of aromatic nitrogens is 2. The first-order valence-corrected chi connectivity index (χ1v) is 9.22. The third kappa shape index (κ3) is 3.05. The number of aromatic hydroxyl groups is 1. The highest BCUT2D eigenvalue weighted by atomic mass is 35.5. The van der Waals surface area contributed by atoms with Crippen LogP contribution in [-0.2, 0) is 0 Å². The van der Waals surface area contributed by atoms with E-state index >= 15 is 0 Å². The van der Waals surface area contributed by atoms with E-state index in [2.05, 4.69) is 5.10 Å². The van der Waals surface area contributed by atoms with Crippen LogP contribution in [-0.4, -0.2) is 39.3 Å². The van der Waals surface area contributed by atoms with Gasteiger partial charge in [0.25, 0.3) is 5.91 Å². The Labute approximate surface area is 166 Å². The van der Waals surface area contributed by atoms with Gasteiger partial charge < -0.3 is 10.0 Å². The van der Waals surface area contributed by atoms with Crippen LogP contribution in [0.1, 0.15) is 33.6 Å². The van der Waals surface area contributed by atoms with Crippen molar-refractivity contribution in [3.8, 4) is 5.75 Å². The lowest BCUT2D eigenvalue weighted by atomic mass is 9.84. The van der Waals surface area contributed by atoms with Gasteiger partial charge in [0, 0.05) is 24.5 Å². The molecule has 7 heteroatoms. The van der Waals surface area contributed by atoms with Crippen molar-refractivity contribution < 1.29 is 9.90 Å². The van der Waals surface area contributed by atoms with Crippen molar-refractivity contribution in [1.29, 1.82) is 0 Å². The van der Waals surface area contributed by atoms with Gasteiger partial charge in [0.05, 0.1) is 12.2 Å². The molecule has 2 unspecified atom stereocenters. The minimum atomic E-state index is -0.673. The summed E-state index contributed by atoms with van der Waals surface area (Å²) in [7, 11) is 1.65. The van der Waals surface area contributed by atoms with Gasteiger partial charge in [0.2, 0.25) is 5.43 Å². The number of carbonyl (C=O) groups excluding carboxylic acids is 1. The minimum absolute atomic E-state index is 0.0887. The fraction of sp³-hybridized carbons (Fsp3) is 0.190. The van der Waals surface area contributed by atoms with Gasteiger partial charge in [-0.15, -0.1) is 0 Å². The summed E-state index contributed by atoms with van der Waals surface area (Å²) < 4.78 is 1.47. The van der Waals surface area contributed by atoms with Crippen molar-refractivity contribution >= 4 is 17.5 Å². The topological polar surface area (TPSA) is 75.4 Å². The molecule has 1 aromatic heterocycles. The van der Waals surface area contributed by atoms with Crippen molar-refractivity contribution in [1.82, 2.24) is 14.7 Å². The lowest BCUT2D eigenvalue weighted by Crippen LogP contribution is -2.45. The summed E-state index contributed by atoms with van der Waals surface area (Å²) in [5, 5.41) is 15.1. The van der Waals surface area contributed by atoms with Crippen LogP contribution >= 0.6 is 11.6 Å². The van der Waals surface area contributed by atoms with Gasteiger partial charge in [-0.25, -0.2) is 0 Å². The second-order valence-corrected chi connectivity index (χ2v) is 7.28. The summed E-state index contributed by atoms with van der Waals surface area (Å²) in [5.41, 5.74) is 1.21. The number of carbonyl (C=O) groups is 1. The van der Waals surface area contributed by atoms with Crippen LogP contribution in [0.5, 0.6) is 5.75 Å². The van der Waals surface area contributed by atoms with E-state index in [9.17, 15) is 14.7 Å². The van der Waals surface area contributed by atoms with Crippen molar-refractivity contribution in [2.24, 2.45) is 0 Å². The van der Waals surface area contributed by atoms with Crippen LogP contribution in [0.2, 0.25) is 5.02 Å². The highest BCUT2D eigenvalue weighted by Crippen LogP contribution is 2.39. The zero-order chi connectivity index (χ0) is 19.8. The molecule has 0 spiro atoms. The molecule has 0 fully saturated rings. The molecule has 0 saturated heterocycles. The van der Waals surface area contributed by atoms with Crippen molar-refractivity contribution in [3.63, 3.8) is 0 Å². The summed E-state index contributed by atoms with van der Waals surface area (Å²) >= 11 is 6.25. The van der Waals surface area contributed by atoms with Crippen molar-refractivity contribution in [2.75, 3.05) is 13.6 Å². The van der Waals surface area contributed by atoms with E-state index in [1.807, 2.05) is 48.5 Å². The van der Waals surface area contributed by atoms with Gasteiger partial charge in [-0.1, -0.05) is 54.1 Å². The first kappa shape index (κ1) is 18.3. The second kappa shape index (κ2) is 7.13. The molecule has 0 aliphatic carbocycles. The maximum atomic E-state index is 12.6. The Hall–Kier alpha value is -3.12. The Morgan fingerprint density at radius 2 is 1.82 bits per heavy atom. The number of likely N-dealkylation sites (N-methyl/N-ethyl adjacent to an activating group) is 1. The Bertz CT molecular complexity index is 1100. The van der Waals surface area contributed by atoms with Gasteiger partial charge >= 0.3 is 0 Å². The number of nitrogens with zero attached hydrogens (tertiary/aromatic N) is 3. The van der Waals surface area contributed by atoms with E-state index in [0.717, 1.165) is 17.3 Å². The molecule has 6 nitrogen and oxygen atoms in total. The molecule has 28 heavy (non-hydrogen) atoms. The summed E-state index contributed by atoms with van der Waals surface area (Å²) in [6, 6.07) is 17.0. The molecule has 1 amide bonds. The fourth-order valence-corrected chi connectivity index (χ4v) is 3.97. The van der Waals surface area contributed by atoms with Crippen LogP contribution in [0.4, 0.5) is 0 Å². The van der Waals surface area contributed by atoms with E-state index in [0.29, 0.717) is 11.6 Å². The lowest BCUT2D eigenvalue weighted by Gasteiger charge is -2.37. The molecule has 0 radical (unpaired) electrons. The molecule has 1 aliphatic heterocycles. The lowest BCUT2D eigenvalue weighted by molar-refractivity contribution is 0.0686. The third-order valence-corrected chi connectivity index (χ3v) is 5.30. The number of rotatable bonds is 3. The summed E-state index contributed by atoms with van der Waals surface area (Å²) in [6.07, 6.45) is 1.05. The quantitative estimate of drug-likeness (QED) is 0.739. The minimum Gasteiger partial charge on any atom is -0.502 e. The second-order valence-electron chi connectivity index (χ2n) is 6.85. The van der Waals surface area contributed by atoms with E-state index < -0.39 is 17.1 Å². The van der Waals surface area contributed by atoms with Gasteiger partial charge in [-0.2, -0.15) is 5.10 Å². The zero-order valence-corrected chi connectivity index (χ0v) is 15.9. The Morgan fingerprint density at radius 1 is 1.11 bits per heavy atom. The highest BCUT2D eigenvalue weighted by molar-refractivity contribution is 6.30. The van der Waals surface area contributed by atoms with Crippen LogP contribution in [0.3, 0.4) is 0 Å². The predicted octanol–water partition coefficient (Wildman–Crippen LogP) is 3.06. The molecule has 4 rings (SSSR count). The van der Waals surface area contributed by atoms with Crippen LogP contribution in [0, 0.1) is 0 Å². The van der Waals surface area contributed by atoms with Crippen molar-refractivity contribution in [2.45, 2.75) is 12.0 Å². The smallest absolute Gasteiger partial charge is 0.275 e. The van der Waals surface area contributed by atoms with Crippen molar-refractivity contribution in [3.05, 3.63) is 92.9 Å². The molecule has 2 aromatic carbocycles. The largest absolute Gasteiger partial charge is 0.502 e. The monoisotopic (exact) mass is 395 g/mol. The van der Waals surface area contributed by atoms with E-state index in [1.54, 1.807) is 13.1 Å². The SMILES string of the molecule is CN1CC(C(c2ccccc2)c2cccc(Cl)c2)n2ncc(=O)c(O)c2C1=O. The van der Waals surface area contributed by atoms with Crippen LogP contribution in [0.25, 0.3) is 0 Å². The van der Waals surface area contributed by atoms with Gasteiger partial charge in [-0.3, -0.25) is 14.3 Å². The summed E-state index contributed by atoms with van der Waals surface area (Å²) in [5.74, 6) is -1.20. The number of amides is 1. The average Bonchev–Trinajstić information content (AvgIpc) is 2.69. The molecule has 3 aromatic rings. The Balaban J connectivity index is 1.95. The Kier molecular flexibility index (Phi) is 4.65. The molecule has 142 valence electrons. The summed E-state index contributed by atoms with van der Waals surface area (Å²) in [6.45, 7) is 0.368. The molecule has 0 saturated carbocycles. The van der Waals surface area contributed by atoms with Gasteiger partial charge in [0.1, 0.15) is 0 Å². The fourth-order valence-electron chi connectivity index (χ4n) is 3.77. The molecular formula is C21H18ClN3O3. The predicted molar refractivity (Wildman–Crippen MR) is 106 cm³/mol. The molecule has 2 atom stereocenters. The maximum Gasteiger partial charge on any atom is 0.275 e. The number of hydrogen-bond acceptors (Lipinski definition) is 4. The highest BCUT2D eigenvalue weighted by Gasteiger charge is 2.38. The molecule has 1 N–H and O–H groups in total. The first-order valence-electron chi connectivity index (χ1n) is 8.84. The van der Waals surface area contributed by atoms with Gasteiger partial charge in [-0.05, 0) is 23.3 Å². The Morgan fingerprint density at radius 3 is 2.54 bits per heavy atom. The van der Waals surface area contributed by atoms with E-state index in [4.69, 9.17) is 11.6 Å². The van der Waals surface area contributed by atoms with E-state index in [1.165, 1.54) is 9.58 Å². The average molecular weight is 396 g/mol. The molecule has 1 aliphatic rings. The maximum absolute atomic E-state index is 12.6. The van der Waals surface area contributed by atoms with Gasteiger partial charge in [0.15, 0.2) is 11.4 Å². The standard InChI is InChI=1S/C21H18ClN3O3/c1-24-12-16(25-19(21(24)28)20(27)17(26)11-23-25)18(13-6-3-2-4-7-13)14-8-5-9-15(22)10-14/h2-11,16,18,27H,12H2,1H3. The number of halogens is 1. The number of benzene rings is 2. The molecule has 2 heterocycles. The van der Waals surface area contributed by atoms with Crippen LogP contribution in [0.15, 0.2) is 65.6 Å². The summed E-state index contributed by atoms with van der Waals surface area (Å²) in [4.78, 5) is 26.0. The third-order valence-electron chi connectivity index (χ3n) is 5.06. The van der Waals surface area contributed by atoms with E-state index in [-0.39, 0.29) is 17.7 Å². The number of hydrogen-bond donors (Lipinski definition) is 1. The zero-order valence-electron chi connectivity index (χ0n) is 15.1. The first-order chi connectivity index (χ1) is 13.5. The normalized spacial score (nSPS) is 17.3. The molecular weight excluding hydrogens is 378 g/mol. The molecule has 0 bridgehead atoms. The number of fused-ring (bicyclic) bond motifs is 1. The van der Waals surface area contributed by atoms with Crippen LogP contribution < -0.4 is 5.43 Å².